The second-order valence-electron chi connectivity index (χ2n) is 4.43. The van der Waals surface area contributed by atoms with Crippen molar-refractivity contribution >= 4 is 43.6 Å². The molecule has 1 fully saturated rings. The van der Waals surface area contributed by atoms with Gasteiger partial charge in [0.25, 0.3) is 0 Å². The Morgan fingerprint density at radius 3 is 2.78 bits per heavy atom. The number of hydrogen-bond acceptors (Lipinski definition) is 3. The van der Waals surface area contributed by atoms with Crippen LogP contribution in [0.5, 0.6) is 0 Å². The van der Waals surface area contributed by atoms with Crippen molar-refractivity contribution in [1.29, 1.82) is 0 Å². The van der Waals surface area contributed by atoms with Gasteiger partial charge in [-0.3, -0.25) is 4.90 Å². The second-order valence-corrected chi connectivity index (χ2v) is 7.36. The van der Waals surface area contributed by atoms with Crippen LogP contribution in [0.25, 0.3) is 0 Å². The van der Waals surface area contributed by atoms with Crippen molar-refractivity contribution in [3.05, 3.63) is 32.7 Å². The highest BCUT2D eigenvalue weighted by molar-refractivity contribution is 9.13. The van der Waals surface area contributed by atoms with E-state index in [2.05, 4.69) is 55.0 Å². The first-order valence-electron chi connectivity index (χ1n) is 6.19. The Bertz CT molecular complexity index is 393. The fourth-order valence-corrected chi connectivity index (χ4v) is 3.84. The van der Waals surface area contributed by atoms with E-state index in [0.717, 1.165) is 22.0 Å². The van der Waals surface area contributed by atoms with E-state index in [1.54, 1.807) is 0 Å². The van der Waals surface area contributed by atoms with Crippen LogP contribution in [-0.4, -0.2) is 36.0 Å². The highest BCUT2D eigenvalue weighted by Gasteiger charge is 2.20. The van der Waals surface area contributed by atoms with Gasteiger partial charge in [-0.05, 0) is 68.3 Å². The molecule has 1 aliphatic rings. The smallest absolute Gasteiger partial charge is 0.0471 e. The predicted molar refractivity (Wildman–Crippen MR) is 87.2 cm³/mol. The Morgan fingerprint density at radius 1 is 1.22 bits per heavy atom. The number of halogens is 2. The van der Waals surface area contributed by atoms with Gasteiger partial charge in [0.2, 0.25) is 0 Å². The highest BCUT2D eigenvalue weighted by Crippen LogP contribution is 2.29. The summed E-state index contributed by atoms with van der Waals surface area (Å²) < 4.78 is 2.19. The molecule has 2 N–H and O–H groups in total. The molecule has 1 heterocycles. The van der Waals surface area contributed by atoms with Crippen LogP contribution in [0.15, 0.2) is 27.1 Å². The fraction of sp³-hybridized carbons (Fsp3) is 0.538. The normalized spacial score (nSPS) is 19.5. The zero-order valence-electron chi connectivity index (χ0n) is 10.2. The molecule has 1 aromatic carbocycles. The molecule has 0 aliphatic carbocycles. The van der Waals surface area contributed by atoms with Gasteiger partial charge >= 0.3 is 0 Å². The average Bonchev–Trinajstić information content (AvgIpc) is 2.64. The lowest BCUT2D eigenvalue weighted by molar-refractivity contribution is 0.218. The van der Waals surface area contributed by atoms with E-state index in [1.807, 2.05) is 11.8 Å². The van der Waals surface area contributed by atoms with E-state index in [9.17, 15) is 0 Å². The van der Waals surface area contributed by atoms with Crippen LogP contribution in [0.3, 0.4) is 0 Å². The third-order valence-electron chi connectivity index (χ3n) is 3.25. The van der Waals surface area contributed by atoms with E-state index in [-0.39, 0.29) is 0 Å². The average molecular weight is 394 g/mol. The summed E-state index contributed by atoms with van der Waals surface area (Å²) in [4.78, 5) is 2.52. The zero-order valence-corrected chi connectivity index (χ0v) is 14.2. The molecule has 100 valence electrons. The van der Waals surface area contributed by atoms with Crippen LogP contribution in [0.1, 0.15) is 18.0 Å². The molecule has 0 radical (unpaired) electrons. The van der Waals surface area contributed by atoms with Gasteiger partial charge in [-0.2, -0.15) is 11.8 Å². The van der Waals surface area contributed by atoms with Crippen LogP contribution in [0.4, 0.5) is 0 Å². The molecule has 0 bridgehead atoms. The molecule has 1 aliphatic heterocycles. The molecule has 18 heavy (non-hydrogen) atoms. The van der Waals surface area contributed by atoms with Crippen LogP contribution < -0.4 is 5.73 Å². The Balaban J connectivity index is 2.17. The Kier molecular flexibility index (Phi) is 6.01. The summed E-state index contributed by atoms with van der Waals surface area (Å²) in [5.41, 5.74) is 7.30. The number of nitrogens with two attached hydrogens (primary N) is 1. The lowest BCUT2D eigenvalue weighted by atomic mass is 10.1. The number of thioether (sulfide) groups is 1. The zero-order chi connectivity index (χ0) is 13.0. The van der Waals surface area contributed by atoms with Gasteiger partial charge in [0.15, 0.2) is 0 Å². The van der Waals surface area contributed by atoms with Crippen molar-refractivity contribution < 1.29 is 0 Å². The molecule has 2 rings (SSSR count). The minimum atomic E-state index is 0.341. The van der Waals surface area contributed by atoms with Crippen molar-refractivity contribution in [2.24, 2.45) is 5.73 Å². The van der Waals surface area contributed by atoms with Gasteiger partial charge in [-0.25, -0.2) is 0 Å². The largest absolute Gasteiger partial charge is 0.329 e. The van der Waals surface area contributed by atoms with Crippen molar-refractivity contribution in [1.82, 2.24) is 4.90 Å². The summed E-state index contributed by atoms with van der Waals surface area (Å²) >= 11 is 9.14. The van der Waals surface area contributed by atoms with Crippen LogP contribution in [0.2, 0.25) is 0 Å². The standard InChI is InChI=1S/C13H18Br2N2S/c14-11-3-2-10(8-12(11)15)13(9-16)17-4-1-6-18-7-5-17/h2-3,8,13H,1,4-7,9,16H2. The van der Waals surface area contributed by atoms with Gasteiger partial charge in [-0.1, -0.05) is 6.07 Å². The molecule has 1 aromatic rings. The molecule has 2 nitrogen and oxygen atoms in total. The van der Waals surface area contributed by atoms with E-state index in [1.165, 1.54) is 23.5 Å². The SMILES string of the molecule is NCC(c1ccc(Br)c(Br)c1)N1CCCSCC1. The van der Waals surface area contributed by atoms with Crippen molar-refractivity contribution in [3.63, 3.8) is 0 Å². The lowest BCUT2D eigenvalue weighted by Crippen LogP contribution is -2.35. The Labute approximate surface area is 130 Å². The summed E-state index contributed by atoms with van der Waals surface area (Å²) in [6, 6.07) is 6.78. The van der Waals surface area contributed by atoms with Gasteiger partial charge < -0.3 is 5.73 Å². The first kappa shape index (κ1) is 14.9. The maximum atomic E-state index is 6.00. The first-order chi connectivity index (χ1) is 8.72. The number of rotatable bonds is 3. The van der Waals surface area contributed by atoms with Gasteiger partial charge in [0.1, 0.15) is 0 Å². The molecule has 1 saturated heterocycles. The third-order valence-corrected chi connectivity index (χ3v) is 6.18. The maximum absolute atomic E-state index is 6.00. The van der Waals surface area contributed by atoms with E-state index in [4.69, 9.17) is 5.73 Å². The highest BCUT2D eigenvalue weighted by atomic mass is 79.9. The second kappa shape index (κ2) is 7.29. The number of benzene rings is 1. The van der Waals surface area contributed by atoms with Crippen molar-refractivity contribution in [2.45, 2.75) is 12.5 Å². The fourth-order valence-electron chi connectivity index (χ4n) is 2.29. The quantitative estimate of drug-likeness (QED) is 0.849. The van der Waals surface area contributed by atoms with Crippen molar-refractivity contribution in [2.75, 3.05) is 31.1 Å². The summed E-state index contributed by atoms with van der Waals surface area (Å²) in [7, 11) is 0. The summed E-state index contributed by atoms with van der Waals surface area (Å²) in [5.74, 6) is 2.49. The Hall–Kier alpha value is 0.450. The monoisotopic (exact) mass is 392 g/mol. The predicted octanol–water partition coefficient (Wildman–Crippen LogP) is 3.65. The minimum absolute atomic E-state index is 0.341. The molecule has 1 atom stereocenters. The van der Waals surface area contributed by atoms with Crippen LogP contribution in [0, 0.1) is 0 Å². The van der Waals surface area contributed by atoms with E-state index >= 15 is 0 Å². The molecular formula is C13H18Br2N2S. The molecule has 5 heteroatoms. The first-order valence-corrected chi connectivity index (χ1v) is 8.93. The van der Waals surface area contributed by atoms with Gasteiger partial charge in [0.05, 0.1) is 0 Å². The topological polar surface area (TPSA) is 29.3 Å². The maximum Gasteiger partial charge on any atom is 0.0471 e. The molecule has 0 aromatic heterocycles. The van der Waals surface area contributed by atoms with Gasteiger partial charge in [-0.15, -0.1) is 0 Å². The van der Waals surface area contributed by atoms with Gasteiger partial charge in [0, 0.05) is 33.8 Å². The third kappa shape index (κ3) is 3.73. The molecule has 0 saturated carbocycles. The van der Waals surface area contributed by atoms with Crippen LogP contribution in [-0.2, 0) is 0 Å². The lowest BCUT2D eigenvalue weighted by Gasteiger charge is -2.30. The number of nitrogens with zero attached hydrogens (tertiary/aromatic N) is 1. The summed E-state index contributed by atoms with van der Waals surface area (Å²) in [5, 5.41) is 0. The molecule has 0 spiro atoms. The Morgan fingerprint density at radius 2 is 2.06 bits per heavy atom. The summed E-state index contributed by atoms with van der Waals surface area (Å²) in [6.07, 6.45) is 1.26. The molecule has 0 amide bonds. The van der Waals surface area contributed by atoms with E-state index < -0.39 is 0 Å². The van der Waals surface area contributed by atoms with Crippen LogP contribution >= 0.6 is 43.6 Å². The summed E-state index contributed by atoms with van der Waals surface area (Å²) in [6.45, 7) is 2.97. The molecular weight excluding hydrogens is 376 g/mol. The number of hydrogen-bond donors (Lipinski definition) is 1. The minimum Gasteiger partial charge on any atom is -0.329 e. The molecule has 1 unspecified atom stereocenters. The van der Waals surface area contributed by atoms with E-state index in [0.29, 0.717) is 12.6 Å². The van der Waals surface area contributed by atoms with Crippen molar-refractivity contribution in [3.8, 4) is 0 Å².